The van der Waals surface area contributed by atoms with Gasteiger partial charge in [-0.1, -0.05) is 24.2 Å². The molecule has 36 heavy (non-hydrogen) atoms. The number of aromatic nitrogens is 3. The molecule has 1 amide bonds. The van der Waals surface area contributed by atoms with Gasteiger partial charge in [-0.3, -0.25) is 18.9 Å². The summed E-state index contributed by atoms with van der Waals surface area (Å²) in [6.45, 7) is 5.42. The number of nitrogens with one attached hydrogen (secondary N) is 1. The number of fused-ring (bicyclic) bond motifs is 1. The van der Waals surface area contributed by atoms with Crippen LogP contribution in [0, 0.1) is 6.92 Å². The molecule has 0 atom stereocenters. The lowest BCUT2D eigenvalue weighted by Gasteiger charge is -2.09. The van der Waals surface area contributed by atoms with Gasteiger partial charge in [0.1, 0.15) is 11.5 Å². The predicted molar refractivity (Wildman–Crippen MR) is 142 cm³/mol. The molecule has 2 heterocycles. The molecule has 178 valence electrons. The van der Waals surface area contributed by atoms with Crippen molar-refractivity contribution in [2.45, 2.75) is 6.92 Å². The second-order valence-corrected chi connectivity index (χ2v) is 8.56. The van der Waals surface area contributed by atoms with E-state index in [1.54, 1.807) is 70.1 Å². The van der Waals surface area contributed by atoms with Crippen molar-refractivity contribution in [2.24, 2.45) is 0 Å². The van der Waals surface area contributed by atoms with Crippen LogP contribution >= 0.6 is 11.6 Å². The molecule has 5 aromatic rings. The van der Waals surface area contributed by atoms with Gasteiger partial charge in [0.25, 0.3) is 0 Å². The summed E-state index contributed by atoms with van der Waals surface area (Å²) >= 11 is 6.14. The number of nitrogens with zero attached hydrogens (tertiary/aromatic N) is 3. The zero-order valence-electron chi connectivity index (χ0n) is 19.3. The van der Waals surface area contributed by atoms with E-state index in [0.717, 1.165) is 5.56 Å². The average Bonchev–Trinajstić information content (AvgIpc) is 3.15. The minimum Gasteiger partial charge on any atom is -0.457 e. The molecule has 0 saturated heterocycles. The number of benzene rings is 3. The molecule has 0 saturated carbocycles. The molecule has 0 spiro atoms. The van der Waals surface area contributed by atoms with Gasteiger partial charge in [-0.15, -0.1) is 0 Å². The van der Waals surface area contributed by atoms with Gasteiger partial charge < -0.3 is 10.1 Å². The summed E-state index contributed by atoms with van der Waals surface area (Å²) in [5.74, 6) is 0.913. The van der Waals surface area contributed by atoms with Crippen molar-refractivity contribution in [1.29, 1.82) is 0 Å². The van der Waals surface area contributed by atoms with Crippen LogP contribution in [-0.4, -0.2) is 20.0 Å². The van der Waals surface area contributed by atoms with E-state index < -0.39 is 0 Å². The van der Waals surface area contributed by atoms with Crippen molar-refractivity contribution >= 4 is 34.2 Å². The van der Waals surface area contributed by atoms with Gasteiger partial charge in [0.05, 0.1) is 28.6 Å². The number of hydrogen-bond donors (Lipinski definition) is 1. The van der Waals surface area contributed by atoms with E-state index in [4.69, 9.17) is 16.3 Å². The maximum atomic E-state index is 13.7. The van der Waals surface area contributed by atoms with Crippen LogP contribution in [-0.2, 0) is 4.79 Å². The van der Waals surface area contributed by atoms with Gasteiger partial charge in [-0.25, -0.2) is 4.79 Å². The van der Waals surface area contributed by atoms with Gasteiger partial charge >= 0.3 is 5.69 Å². The summed E-state index contributed by atoms with van der Waals surface area (Å²) in [5.41, 5.74) is 3.85. The number of halogens is 1. The molecule has 0 bridgehead atoms. The predicted octanol–water partition coefficient (Wildman–Crippen LogP) is 6.06. The smallest absolute Gasteiger partial charge is 0.338 e. The number of ether oxygens (including phenoxy) is 1. The molecule has 0 aliphatic rings. The fourth-order valence-corrected chi connectivity index (χ4v) is 4.30. The topological polar surface area (TPSA) is 78.2 Å². The first-order valence-electron chi connectivity index (χ1n) is 11.1. The van der Waals surface area contributed by atoms with E-state index >= 15 is 0 Å². The molecule has 0 radical (unpaired) electrons. The SMILES string of the molecule is C=CC(=O)Nc1cccc(-n2c(=O)n(-c3ccc(Oc4cc(C)cc(Cl)c4)cc3)c3cnccc32)c1. The maximum absolute atomic E-state index is 13.7. The number of amides is 1. The number of anilines is 1. The second kappa shape index (κ2) is 9.56. The number of pyridine rings is 1. The Morgan fingerprint density at radius 2 is 1.75 bits per heavy atom. The maximum Gasteiger partial charge on any atom is 0.338 e. The van der Waals surface area contributed by atoms with E-state index in [1.165, 1.54) is 6.08 Å². The first kappa shape index (κ1) is 23.1. The molecule has 1 N–H and O–H groups in total. The van der Waals surface area contributed by atoms with Gasteiger partial charge in [0, 0.05) is 16.9 Å². The molecular formula is C28H21ClN4O3. The lowest BCUT2D eigenvalue weighted by Crippen LogP contribution is -2.22. The zero-order valence-corrected chi connectivity index (χ0v) is 20.1. The van der Waals surface area contributed by atoms with Crippen LogP contribution in [0.15, 0.2) is 103 Å². The van der Waals surface area contributed by atoms with Crippen LogP contribution in [0.1, 0.15) is 5.56 Å². The number of aryl methyl sites for hydroxylation is 1. The number of rotatable bonds is 6. The monoisotopic (exact) mass is 496 g/mol. The van der Waals surface area contributed by atoms with Crippen molar-refractivity contribution in [2.75, 3.05) is 5.32 Å². The number of hydrogen-bond acceptors (Lipinski definition) is 4. The van der Waals surface area contributed by atoms with Crippen molar-refractivity contribution in [3.05, 3.63) is 119 Å². The van der Waals surface area contributed by atoms with E-state index in [1.807, 2.05) is 31.2 Å². The Morgan fingerprint density at radius 3 is 2.50 bits per heavy atom. The summed E-state index contributed by atoms with van der Waals surface area (Å²) in [4.78, 5) is 29.7. The summed E-state index contributed by atoms with van der Waals surface area (Å²) < 4.78 is 9.12. The summed E-state index contributed by atoms with van der Waals surface area (Å²) in [6.07, 6.45) is 4.48. The zero-order chi connectivity index (χ0) is 25.2. The third-order valence-electron chi connectivity index (χ3n) is 5.55. The van der Waals surface area contributed by atoms with Crippen LogP contribution in [0.2, 0.25) is 5.02 Å². The van der Waals surface area contributed by atoms with Crippen LogP contribution in [0.5, 0.6) is 11.5 Å². The fourth-order valence-electron chi connectivity index (χ4n) is 4.02. The highest BCUT2D eigenvalue weighted by Gasteiger charge is 2.17. The van der Waals surface area contributed by atoms with Gasteiger partial charge in [-0.2, -0.15) is 0 Å². The standard InChI is InChI=1S/C28H21ClN4O3/c1-3-27(34)31-20-5-4-6-22(16-20)33-25-11-12-30-17-26(25)32(28(33)35)21-7-9-23(10-8-21)36-24-14-18(2)13-19(29)15-24/h3-17H,1H2,2H3,(H,31,34). The molecule has 0 aliphatic heterocycles. The highest BCUT2D eigenvalue weighted by atomic mass is 35.5. The van der Waals surface area contributed by atoms with Crippen molar-refractivity contribution in [1.82, 2.24) is 14.1 Å². The molecular weight excluding hydrogens is 476 g/mol. The lowest BCUT2D eigenvalue weighted by molar-refractivity contribution is -0.111. The Morgan fingerprint density at radius 1 is 0.972 bits per heavy atom. The minimum absolute atomic E-state index is 0.274. The Hall–Kier alpha value is -4.62. The molecule has 2 aromatic heterocycles. The third-order valence-corrected chi connectivity index (χ3v) is 5.76. The van der Waals surface area contributed by atoms with Crippen molar-refractivity contribution < 1.29 is 9.53 Å². The third kappa shape index (κ3) is 4.52. The van der Waals surface area contributed by atoms with Gasteiger partial charge in [0.2, 0.25) is 5.91 Å². The van der Waals surface area contributed by atoms with Crippen molar-refractivity contribution in [3.8, 4) is 22.9 Å². The van der Waals surface area contributed by atoms with E-state index in [0.29, 0.717) is 44.6 Å². The lowest BCUT2D eigenvalue weighted by atomic mass is 10.2. The Kier molecular flexibility index (Phi) is 6.14. The number of imidazole rings is 1. The van der Waals surface area contributed by atoms with E-state index in [-0.39, 0.29) is 11.6 Å². The van der Waals surface area contributed by atoms with Crippen LogP contribution in [0.25, 0.3) is 22.4 Å². The second-order valence-electron chi connectivity index (χ2n) is 8.12. The highest BCUT2D eigenvalue weighted by molar-refractivity contribution is 6.30. The highest BCUT2D eigenvalue weighted by Crippen LogP contribution is 2.28. The molecule has 0 unspecified atom stereocenters. The van der Waals surface area contributed by atoms with Crippen molar-refractivity contribution in [3.63, 3.8) is 0 Å². The Balaban J connectivity index is 1.55. The Labute approximate surface area is 211 Å². The Bertz CT molecular complexity index is 1650. The van der Waals surface area contributed by atoms with E-state index in [9.17, 15) is 9.59 Å². The van der Waals surface area contributed by atoms with Crippen LogP contribution in [0.4, 0.5) is 5.69 Å². The molecule has 8 heteroatoms. The van der Waals surface area contributed by atoms with E-state index in [2.05, 4.69) is 16.9 Å². The minimum atomic E-state index is -0.332. The normalized spacial score (nSPS) is 10.8. The molecule has 5 rings (SSSR count). The average molecular weight is 497 g/mol. The first-order chi connectivity index (χ1) is 17.4. The quantitative estimate of drug-likeness (QED) is 0.290. The van der Waals surface area contributed by atoms with Gasteiger partial charge in [0.15, 0.2) is 0 Å². The molecule has 0 aliphatic carbocycles. The fraction of sp³-hybridized carbons (Fsp3) is 0.0357. The summed E-state index contributed by atoms with van der Waals surface area (Å²) in [7, 11) is 0. The molecule has 7 nitrogen and oxygen atoms in total. The number of carbonyl (C=O) groups excluding carboxylic acids is 1. The summed E-state index contributed by atoms with van der Waals surface area (Å²) in [5, 5.41) is 3.33. The first-order valence-corrected chi connectivity index (χ1v) is 11.5. The number of carbonyl (C=O) groups is 1. The summed E-state index contributed by atoms with van der Waals surface area (Å²) in [6, 6.07) is 21.6. The molecule has 0 fully saturated rings. The van der Waals surface area contributed by atoms with Crippen LogP contribution < -0.4 is 15.7 Å². The van der Waals surface area contributed by atoms with Crippen LogP contribution in [0.3, 0.4) is 0 Å². The molecule has 3 aromatic carbocycles. The largest absolute Gasteiger partial charge is 0.457 e. The van der Waals surface area contributed by atoms with Gasteiger partial charge in [-0.05, 0) is 85.3 Å².